The lowest BCUT2D eigenvalue weighted by Crippen LogP contribution is -2.37. The fourth-order valence-corrected chi connectivity index (χ4v) is 2.44. The molecule has 0 aromatic heterocycles. The van der Waals surface area contributed by atoms with Crippen molar-refractivity contribution in [1.29, 1.82) is 0 Å². The monoisotopic (exact) mass is 227 g/mol. The first kappa shape index (κ1) is 14.0. The maximum Gasteiger partial charge on any atom is 0.0599 e. The molecule has 1 aliphatic carbocycles. The van der Waals surface area contributed by atoms with Crippen LogP contribution in [0.1, 0.15) is 59.8 Å². The van der Waals surface area contributed by atoms with E-state index in [1.165, 1.54) is 32.1 Å². The van der Waals surface area contributed by atoms with Crippen molar-refractivity contribution in [3.8, 4) is 0 Å². The van der Waals surface area contributed by atoms with Crippen LogP contribution >= 0.6 is 0 Å². The van der Waals surface area contributed by atoms with Crippen molar-refractivity contribution in [1.82, 2.24) is 5.32 Å². The van der Waals surface area contributed by atoms with Crippen LogP contribution in [0.15, 0.2) is 0 Å². The molecule has 0 saturated heterocycles. The van der Waals surface area contributed by atoms with Crippen LogP contribution in [-0.4, -0.2) is 24.8 Å². The van der Waals surface area contributed by atoms with E-state index in [0.717, 1.165) is 19.1 Å². The molecule has 1 aliphatic rings. The van der Waals surface area contributed by atoms with Crippen molar-refractivity contribution in [3.05, 3.63) is 0 Å². The molecule has 0 aromatic rings. The fraction of sp³-hybridized carbons (Fsp3) is 1.00. The van der Waals surface area contributed by atoms with Crippen LogP contribution in [0.4, 0.5) is 0 Å². The Bertz CT molecular complexity index is 180. The van der Waals surface area contributed by atoms with Crippen LogP contribution in [0.3, 0.4) is 0 Å². The molecule has 16 heavy (non-hydrogen) atoms. The normalized spacial score (nSPS) is 21.0. The SMILES string of the molecule is C[C@H](NCCOC(C)(C)C)C1CCCCC1. The van der Waals surface area contributed by atoms with E-state index in [2.05, 4.69) is 33.0 Å². The molecule has 1 N–H and O–H groups in total. The Balaban J connectivity index is 2.07. The second-order valence-corrected chi connectivity index (χ2v) is 6.10. The standard InChI is InChI=1S/C14H29NO/c1-12(13-8-6-5-7-9-13)15-10-11-16-14(2,3)4/h12-13,15H,5-11H2,1-4H3/t12-/m0/s1. The molecule has 0 amide bonds. The van der Waals surface area contributed by atoms with E-state index in [1.54, 1.807) is 0 Å². The Morgan fingerprint density at radius 2 is 1.81 bits per heavy atom. The van der Waals surface area contributed by atoms with Crippen LogP contribution in [-0.2, 0) is 4.74 Å². The molecule has 2 heteroatoms. The zero-order chi connectivity index (χ0) is 12.0. The molecule has 0 radical (unpaired) electrons. The Morgan fingerprint density at radius 3 is 2.38 bits per heavy atom. The van der Waals surface area contributed by atoms with E-state index in [-0.39, 0.29) is 5.60 Å². The lowest BCUT2D eigenvalue weighted by atomic mass is 9.84. The quantitative estimate of drug-likeness (QED) is 0.727. The highest BCUT2D eigenvalue weighted by Gasteiger charge is 2.19. The Hall–Kier alpha value is -0.0800. The first-order chi connectivity index (χ1) is 7.49. The molecule has 1 saturated carbocycles. The molecular weight excluding hydrogens is 198 g/mol. The summed E-state index contributed by atoms with van der Waals surface area (Å²) in [6, 6.07) is 0.656. The van der Waals surface area contributed by atoms with Gasteiger partial charge in [-0.15, -0.1) is 0 Å². The van der Waals surface area contributed by atoms with Crippen LogP contribution in [0.5, 0.6) is 0 Å². The molecule has 0 bridgehead atoms. The average Bonchev–Trinajstić information content (AvgIpc) is 2.24. The Kier molecular flexibility index (Phi) is 5.77. The van der Waals surface area contributed by atoms with Crippen LogP contribution in [0.25, 0.3) is 0 Å². The molecule has 1 atom stereocenters. The number of hydrogen-bond acceptors (Lipinski definition) is 2. The molecule has 0 spiro atoms. The van der Waals surface area contributed by atoms with Crippen molar-refractivity contribution >= 4 is 0 Å². The van der Waals surface area contributed by atoms with Gasteiger partial charge in [-0.1, -0.05) is 19.3 Å². The van der Waals surface area contributed by atoms with Crippen molar-refractivity contribution in [3.63, 3.8) is 0 Å². The number of hydrogen-bond donors (Lipinski definition) is 1. The summed E-state index contributed by atoms with van der Waals surface area (Å²) in [7, 11) is 0. The van der Waals surface area contributed by atoms with Gasteiger partial charge in [-0.2, -0.15) is 0 Å². The minimum absolute atomic E-state index is 0.00421. The highest BCUT2D eigenvalue weighted by molar-refractivity contribution is 4.75. The third-order valence-corrected chi connectivity index (χ3v) is 3.46. The van der Waals surface area contributed by atoms with Gasteiger partial charge in [-0.3, -0.25) is 0 Å². The van der Waals surface area contributed by atoms with Gasteiger partial charge in [0.25, 0.3) is 0 Å². The second-order valence-electron chi connectivity index (χ2n) is 6.10. The summed E-state index contributed by atoms with van der Waals surface area (Å²) in [6.07, 6.45) is 7.11. The van der Waals surface area contributed by atoms with E-state index < -0.39 is 0 Å². The molecule has 2 nitrogen and oxygen atoms in total. The zero-order valence-corrected chi connectivity index (χ0v) is 11.5. The Morgan fingerprint density at radius 1 is 1.19 bits per heavy atom. The predicted molar refractivity (Wildman–Crippen MR) is 69.7 cm³/mol. The van der Waals surface area contributed by atoms with Crippen molar-refractivity contribution in [2.45, 2.75) is 71.4 Å². The van der Waals surface area contributed by atoms with Gasteiger partial charge in [0.1, 0.15) is 0 Å². The van der Waals surface area contributed by atoms with Gasteiger partial charge >= 0.3 is 0 Å². The Labute approximate surface area is 101 Å². The lowest BCUT2D eigenvalue weighted by Gasteiger charge is -2.29. The second kappa shape index (κ2) is 6.61. The fourth-order valence-electron chi connectivity index (χ4n) is 2.44. The van der Waals surface area contributed by atoms with Crippen LogP contribution in [0.2, 0.25) is 0 Å². The average molecular weight is 227 g/mol. The van der Waals surface area contributed by atoms with Gasteiger partial charge < -0.3 is 10.1 Å². The first-order valence-corrected chi connectivity index (χ1v) is 6.86. The number of nitrogens with one attached hydrogen (secondary N) is 1. The topological polar surface area (TPSA) is 21.3 Å². The number of rotatable bonds is 5. The smallest absolute Gasteiger partial charge is 0.0599 e. The maximum absolute atomic E-state index is 5.70. The third kappa shape index (κ3) is 5.86. The van der Waals surface area contributed by atoms with E-state index >= 15 is 0 Å². The van der Waals surface area contributed by atoms with Gasteiger partial charge in [-0.05, 0) is 46.5 Å². The first-order valence-electron chi connectivity index (χ1n) is 6.86. The predicted octanol–water partition coefficient (Wildman–Crippen LogP) is 3.36. The summed E-state index contributed by atoms with van der Waals surface area (Å²) < 4.78 is 5.70. The highest BCUT2D eigenvalue weighted by atomic mass is 16.5. The summed E-state index contributed by atoms with van der Waals surface area (Å²) >= 11 is 0. The summed E-state index contributed by atoms with van der Waals surface area (Å²) in [4.78, 5) is 0. The van der Waals surface area contributed by atoms with E-state index in [1.807, 2.05) is 0 Å². The molecule has 0 heterocycles. The molecule has 0 unspecified atom stereocenters. The largest absolute Gasteiger partial charge is 0.375 e. The molecular formula is C14H29NO. The third-order valence-electron chi connectivity index (χ3n) is 3.46. The molecule has 1 fully saturated rings. The highest BCUT2D eigenvalue weighted by Crippen LogP contribution is 2.26. The molecule has 1 rings (SSSR count). The van der Waals surface area contributed by atoms with Crippen molar-refractivity contribution in [2.24, 2.45) is 5.92 Å². The van der Waals surface area contributed by atoms with E-state index in [9.17, 15) is 0 Å². The van der Waals surface area contributed by atoms with E-state index in [0.29, 0.717) is 6.04 Å². The van der Waals surface area contributed by atoms with Gasteiger partial charge in [0, 0.05) is 12.6 Å². The van der Waals surface area contributed by atoms with Gasteiger partial charge in [-0.25, -0.2) is 0 Å². The van der Waals surface area contributed by atoms with Gasteiger partial charge in [0.05, 0.1) is 12.2 Å². The molecule has 0 aliphatic heterocycles. The number of ether oxygens (including phenoxy) is 1. The summed E-state index contributed by atoms with van der Waals surface area (Å²) in [6.45, 7) is 10.5. The minimum atomic E-state index is -0.00421. The summed E-state index contributed by atoms with van der Waals surface area (Å²) in [5, 5.41) is 3.60. The lowest BCUT2D eigenvalue weighted by molar-refractivity contribution is -0.00220. The van der Waals surface area contributed by atoms with Crippen LogP contribution in [0, 0.1) is 5.92 Å². The molecule has 0 aromatic carbocycles. The minimum Gasteiger partial charge on any atom is -0.375 e. The summed E-state index contributed by atoms with van der Waals surface area (Å²) in [5.74, 6) is 0.892. The van der Waals surface area contributed by atoms with E-state index in [4.69, 9.17) is 4.74 Å². The molecule has 96 valence electrons. The maximum atomic E-state index is 5.70. The van der Waals surface area contributed by atoms with Crippen LogP contribution < -0.4 is 5.32 Å². The zero-order valence-electron chi connectivity index (χ0n) is 11.5. The van der Waals surface area contributed by atoms with Crippen molar-refractivity contribution in [2.75, 3.05) is 13.2 Å². The van der Waals surface area contributed by atoms with Crippen molar-refractivity contribution < 1.29 is 4.74 Å². The van der Waals surface area contributed by atoms with Gasteiger partial charge in [0.15, 0.2) is 0 Å². The summed E-state index contributed by atoms with van der Waals surface area (Å²) in [5.41, 5.74) is -0.00421. The van der Waals surface area contributed by atoms with Gasteiger partial charge in [0.2, 0.25) is 0 Å².